The van der Waals surface area contributed by atoms with Gasteiger partial charge in [-0.3, -0.25) is 4.79 Å². The molecule has 3 saturated carbocycles. The molecule has 0 unspecified atom stereocenters. The SMILES string of the molecule is COC12CCCCC(C(=O)O)(C1)C2. The fourth-order valence-electron chi connectivity index (χ4n) is 2.95. The van der Waals surface area contributed by atoms with Crippen molar-refractivity contribution in [3.63, 3.8) is 0 Å². The molecule has 3 aliphatic carbocycles. The van der Waals surface area contributed by atoms with Gasteiger partial charge in [0.05, 0.1) is 11.0 Å². The van der Waals surface area contributed by atoms with Gasteiger partial charge in [-0.15, -0.1) is 0 Å². The number of carbonyl (C=O) groups is 1. The van der Waals surface area contributed by atoms with Crippen molar-refractivity contribution in [2.24, 2.45) is 5.41 Å². The van der Waals surface area contributed by atoms with Crippen LogP contribution >= 0.6 is 0 Å². The van der Waals surface area contributed by atoms with Crippen LogP contribution in [0.25, 0.3) is 0 Å². The van der Waals surface area contributed by atoms with E-state index >= 15 is 0 Å². The second kappa shape index (κ2) is 2.71. The maximum atomic E-state index is 11.1. The molecule has 0 amide bonds. The van der Waals surface area contributed by atoms with Gasteiger partial charge in [0, 0.05) is 7.11 Å². The molecule has 0 aromatic heterocycles. The molecule has 0 heterocycles. The highest BCUT2D eigenvalue weighted by atomic mass is 16.5. The Morgan fingerprint density at radius 2 is 1.92 bits per heavy atom. The summed E-state index contributed by atoms with van der Waals surface area (Å²) in [4.78, 5) is 11.1. The molecule has 0 aromatic rings. The molecule has 0 saturated heterocycles. The summed E-state index contributed by atoms with van der Waals surface area (Å²) in [5.74, 6) is -0.623. The zero-order valence-corrected chi connectivity index (χ0v) is 8.01. The highest BCUT2D eigenvalue weighted by Gasteiger charge is 2.60. The van der Waals surface area contributed by atoms with Crippen molar-refractivity contribution in [2.75, 3.05) is 7.11 Å². The summed E-state index contributed by atoms with van der Waals surface area (Å²) in [6.45, 7) is 0. The topological polar surface area (TPSA) is 46.5 Å². The first-order valence-electron chi connectivity index (χ1n) is 4.91. The predicted molar refractivity (Wildman–Crippen MR) is 47.5 cm³/mol. The van der Waals surface area contributed by atoms with E-state index in [9.17, 15) is 4.79 Å². The first kappa shape index (κ1) is 9.00. The number of carboxylic acid groups (broad SMARTS) is 1. The van der Waals surface area contributed by atoms with Gasteiger partial charge in [-0.05, 0) is 25.7 Å². The number of hydrogen-bond donors (Lipinski definition) is 1. The molecule has 0 radical (unpaired) electrons. The van der Waals surface area contributed by atoms with Gasteiger partial charge in [-0.1, -0.05) is 12.8 Å². The summed E-state index contributed by atoms with van der Waals surface area (Å²) in [6.07, 6.45) is 5.49. The van der Waals surface area contributed by atoms with Crippen molar-refractivity contribution < 1.29 is 14.6 Å². The number of methoxy groups -OCH3 is 1. The number of fused-ring (bicyclic) bond motifs is 3. The summed E-state index contributed by atoms with van der Waals surface area (Å²) in [5.41, 5.74) is -0.526. The molecular weight excluding hydrogens is 168 g/mol. The molecular formula is C10H16O3. The molecule has 74 valence electrons. The van der Waals surface area contributed by atoms with Crippen LogP contribution in [0.1, 0.15) is 38.5 Å². The highest BCUT2D eigenvalue weighted by Crippen LogP contribution is 2.58. The lowest BCUT2D eigenvalue weighted by molar-refractivity contribution is -0.186. The van der Waals surface area contributed by atoms with E-state index in [-0.39, 0.29) is 5.60 Å². The first-order valence-corrected chi connectivity index (χ1v) is 4.91. The van der Waals surface area contributed by atoms with Crippen LogP contribution < -0.4 is 0 Å². The third kappa shape index (κ3) is 1.17. The molecule has 0 atom stereocenters. The standard InChI is InChI=1S/C10H16O3/c1-13-10-5-3-2-4-9(6-10,7-10)8(11)12/h2-7H2,1H3,(H,11,12). The summed E-state index contributed by atoms with van der Waals surface area (Å²) in [5, 5.41) is 9.11. The van der Waals surface area contributed by atoms with E-state index in [4.69, 9.17) is 9.84 Å². The lowest BCUT2D eigenvalue weighted by atomic mass is 9.58. The summed E-state index contributed by atoms with van der Waals surface area (Å²) in [6, 6.07) is 0. The summed E-state index contributed by atoms with van der Waals surface area (Å²) < 4.78 is 5.44. The van der Waals surface area contributed by atoms with E-state index in [1.54, 1.807) is 7.11 Å². The van der Waals surface area contributed by atoms with E-state index < -0.39 is 11.4 Å². The van der Waals surface area contributed by atoms with Crippen LogP contribution in [0.3, 0.4) is 0 Å². The Kier molecular flexibility index (Phi) is 1.88. The van der Waals surface area contributed by atoms with E-state index in [2.05, 4.69) is 0 Å². The van der Waals surface area contributed by atoms with Crippen molar-refractivity contribution in [3.05, 3.63) is 0 Å². The minimum Gasteiger partial charge on any atom is -0.481 e. The monoisotopic (exact) mass is 184 g/mol. The van der Waals surface area contributed by atoms with Gasteiger partial charge in [0.25, 0.3) is 0 Å². The Labute approximate surface area is 78.1 Å². The second-order valence-electron chi connectivity index (χ2n) is 4.53. The van der Waals surface area contributed by atoms with Crippen molar-refractivity contribution in [1.29, 1.82) is 0 Å². The highest BCUT2D eigenvalue weighted by molar-refractivity contribution is 5.76. The Bertz CT molecular complexity index is 228. The maximum absolute atomic E-state index is 11.1. The normalized spacial score (nSPS) is 43.5. The number of aliphatic carboxylic acids is 1. The quantitative estimate of drug-likeness (QED) is 0.712. The van der Waals surface area contributed by atoms with Crippen molar-refractivity contribution in [2.45, 2.75) is 44.1 Å². The fourth-order valence-corrected chi connectivity index (χ4v) is 2.95. The third-order valence-corrected chi connectivity index (χ3v) is 3.75. The Morgan fingerprint density at radius 1 is 1.31 bits per heavy atom. The zero-order chi connectivity index (χ0) is 9.53. The molecule has 3 rings (SSSR count). The number of hydrogen-bond acceptors (Lipinski definition) is 2. The van der Waals surface area contributed by atoms with Crippen LogP contribution in [0.5, 0.6) is 0 Å². The van der Waals surface area contributed by atoms with E-state index in [0.717, 1.165) is 38.5 Å². The molecule has 13 heavy (non-hydrogen) atoms. The predicted octanol–water partition coefficient (Wildman–Crippen LogP) is 1.81. The largest absolute Gasteiger partial charge is 0.481 e. The fraction of sp³-hybridized carbons (Fsp3) is 0.900. The van der Waals surface area contributed by atoms with Crippen LogP contribution in [0.2, 0.25) is 0 Å². The van der Waals surface area contributed by atoms with E-state index in [1.807, 2.05) is 0 Å². The van der Waals surface area contributed by atoms with E-state index in [0.29, 0.717) is 0 Å². The molecule has 3 nitrogen and oxygen atoms in total. The Morgan fingerprint density at radius 3 is 2.46 bits per heavy atom. The van der Waals surface area contributed by atoms with Gasteiger partial charge in [-0.25, -0.2) is 0 Å². The lowest BCUT2D eigenvalue weighted by Gasteiger charge is -2.51. The first-order chi connectivity index (χ1) is 6.13. The molecule has 3 fully saturated rings. The van der Waals surface area contributed by atoms with Crippen molar-refractivity contribution >= 4 is 5.97 Å². The zero-order valence-electron chi connectivity index (χ0n) is 8.01. The van der Waals surface area contributed by atoms with Gasteiger partial charge < -0.3 is 9.84 Å². The summed E-state index contributed by atoms with van der Waals surface area (Å²) >= 11 is 0. The van der Waals surface area contributed by atoms with Gasteiger partial charge in [0.1, 0.15) is 0 Å². The van der Waals surface area contributed by atoms with Crippen LogP contribution in [0, 0.1) is 5.41 Å². The molecule has 0 aromatic carbocycles. The van der Waals surface area contributed by atoms with Crippen LogP contribution in [0.15, 0.2) is 0 Å². The van der Waals surface area contributed by atoms with Gasteiger partial charge in [0.2, 0.25) is 0 Å². The van der Waals surface area contributed by atoms with Crippen LogP contribution in [0.4, 0.5) is 0 Å². The Hall–Kier alpha value is -0.570. The molecule has 2 bridgehead atoms. The second-order valence-corrected chi connectivity index (χ2v) is 4.53. The smallest absolute Gasteiger partial charge is 0.309 e. The van der Waals surface area contributed by atoms with Crippen LogP contribution in [-0.2, 0) is 9.53 Å². The van der Waals surface area contributed by atoms with Crippen LogP contribution in [-0.4, -0.2) is 23.8 Å². The van der Waals surface area contributed by atoms with Gasteiger partial charge in [-0.2, -0.15) is 0 Å². The lowest BCUT2D eigenvalue weighted by Crippen LogP contribution is -2.55. The Balaban J connectivity index is 2.16. The number of ether oxygens (including phenoxy) is 1. The molecule has 3 aliphatic rings. The molecule has 0 spiro atoms. The van der Waals surface area contributed by atoms with Gasteiger partial charge >= 0.3 is 5.97 Å². The third-order valence-electron chi connectivity index (χ3n) is 3.75. The summed E-state index contributed by atoms with van der Waals surface area (Å²) in [7, 11) is 1.71. The minimum absolute atomic E-state index is 0.0884. The molecule has 0 aliphatic heterocycles. The van der Waals surface area contributed by atoms with Crippen molar-refractivity contribution in [1.82, 2.24) is 0 Å². The van der Waals surface area contributed by atoms with E-state index in [1.165, 1.54) is 0 Å². The average Bonchev–Trinajstić information content (AvgIpc) is 2.32. The number of rotatable bonds is 2. The maximum Gasteiger partial charge on any atom is 0.309 e. The molecule has 3 heteroatoms. The molecule has 1 N–H and O–H groups in total. The van der Waals surface area contributed by atoms with Crippen molar-refractivity contribution in [3.8, 4) is 0 Å². The van der Waals surface area contributed by atoms with Gasteiger partial charge in [0.15, 0.2) is 0 Å². The average molecular weight is 184 g/mol. The minimum atomic E-state index is -0.623. The number of carboxylic acids is 1.